The Morgan fingerprint density at radius 2 is 1.88 bits per heavy atom. The summed E-state index contributed by atoms with van der Waals surface area (Å²) in [6.07, 6.45) is 7.17. The molecule has 2 fully saturated rings. The minimum atomic E-state index is -1.15. The molecule has 0 spiro atoms. The summed E-state index contributed by atoms with van der Waals surface area (Å²) < 4.78 is 2.12. The van der Waals surface area contributed by atoms with E-state index >= 15 is 0 Å². The Labute approximate surface area is 236 Å². The quantitative estimate of drug-likeness (QED) is 0.262. The first-order chi connectivity index (χ1) is 19.3. The number of aromatic nitrogens is 2. The lowest BCUT2D eigenvalue weighted by Crippen LogP contribution is -2.47. The number of halogens is 1. The smallest absolute Gasteiger partial charge is 0.262 e. The van der Waals surface area contributed by atoms with Crippen molar-refractivity contribution < 1.29 is 19.2 Å². The first kappa shape index (κ1) is 26.3. The van der Waals surface area contributed by atoms with Gasteiger partial charge in [0.05, 0.1) is 22.9 Å². The highest BCUT2D eigenvalue weighted by molar-refractivity contribution is 6.30. The third kappa shape index (κ3) is 4.90. The second-order valence-corrected chi connectivity index (χ2v) is 11.4. The van der Waals surface area contributed by atoms with Crippen molar-refractivity contribution >= 4 is 41.3 Å². The monoisotopic (exact) mass is 559 g/mol. The predicted octanol–water partition coefficient (Wildman–Crippen LogP) is 4.57. The lowest BCUT2D eigenvalue weighted by molar-refractivity contribution is -0.122. The topological polar surface area (TPSA) is 127 Å². The van der Waals surface area contributed by atoms with Crippen LogP contribution in [0, 0.1) is 5.92 Å². The zero-order valence-corrected chi connectivity index (χ0v) is 22.6. The van der Waals surface area contributed by atoms with Gasteiger partial charge in [-0.2, -0.15) is 5.10 Å². The maximum absolute atomic E-state index is 13.0. The molecule has 2 aromatic carbocycles. The van der Waals surface area contributed by atoms with Gasteiger partial charge in [0, 0.05) is 41.4 Å². The molecular formula is C30H30ClN5O4. The maximum atomic E-state index is 13.0. The van der Waals surface area contributed by atoms with Crippen LogP contribution in [0.1, 0.15) is 76.9 Å². The van der Waals surface area contributed by atoms with Gasteiger partial charge in [0.25, 0.3) is 11.8 Å². The number of primary amides is 1. The third-order valence-corrected chi connectivity index (χ3v) is 8.39. The molecule has 0 bridgehead atoms. The molecule has 1 unspecified atom stereocenters. The number of aldehydes is 1. The Bertz CT molecular complexity index is 1510. The number of anilines is 1. The van der Waals surface area contributed by atoms with Crippen LogP contribution in [0.4, 0.5) is 5.69 Å². The average Bonchev–Trinajstić information content (AvgIpc) is 3.62. The van der Waals surface area contributed by atoms with E-state index in [9.17, 15) is 19.2 Å². The van der Waals surface area contributed by atoms with Gasteiger partial charge in [-0.15, -0.1) is 0 Å². The maximum Gasteiger partial charge on any atom is 0.262 e. The molecule has 10 heteroatoms. The summed E-state index contributed by atoms with van der Waals surface area (Å²) in [6.45, 7) is 0.724. The van der Waals surface area contributed by atoms with E-state index < -0.39 is 23.8 Å². The number of fused-ring (bicyclic) bond motifs is 1. The van der Waals surface area contributed by atoms with Gasteiger partial charge in [0.1, 0.15) is 12.3 Å². The molecule has 0 saturated heterocycles. The summed E-state index contributed by atoms with van der Waals surface area (Å²) in [5.41, 5.74) is 10.1. The molecular weight excluding hydrogens is 530 g/mol. The number of carbonyl (C=O) groups excluding carboxylic acids is 4. The molecule has 3 amide bonds. The van der Waals surface area contributed by atoms with E-state index in [0.29, 0.717) is 24.2 Å². The van der Waals surface area contributed by atoms with Crippen molar-refractivity contribution in [3.05, 3.63) is 70.5 Å². The van der Waals surface area contributed by atoms with Gasteiger partial charge in [-0.1, -0.05) is 23.7 Å². The van der Waals surface area contributed by atoms with Crippen molar-refractivity contribution in [2.75, 3.05) is 11.9 Å². The number of benzene rings is 2. The van der Waals surface area contributed by atoms with Crippen molar-refractivity contribution in [1.29, 1.82) is 0 Å². The summed E-state index contributed by atoms with van der Waals surface area (Å²) >= 11 is 6.25. The van der Waals surface area contributed by atoms with E-state index in [2.05, 4.69) is 22.3 Å². The molecule has 40 heavy (non-hydrogen) atoms. The molecule has 2 saturated carbocycles. The van der Waals surface area contributed by atoms with Crippen LogP contribution in [0.5, 0.6) is 0 Å². The summed E-state index contributed by atoms with van der Waals surface area (Å²) in [5.74, 6) is -0.970. The summed E-state index contributed by atoms with van der Waals surface area (Å²) in [7, 11) is 0. The van der Waals surface area contributed by atoms with E-state index in [1.807, 2.05) is 18.2 Å². The van der Waals surface area contributed by atoms with E-state index in [0.717, 1.165) is 40.6 Å². The third-order valence-electron chi connectivity index (χ3n) is 8.16. The molecule has 1 atom stereocenters. The number of rotatable bonds is 11. The highest BCUT2D eigenvalue weighted by atomic mass is 35.5. The number of hydrogen-bond acceptors (Lipinski definition) is 6. The minimum absolute atomic E-state index is 0.0112. The van der Waals surface area contributed by atoms with E-state index in [-0.39, 0.29) is 24.0 Å². The van der Waals surface area contributed by atoms with Gasteiger partial charge in [-0.3, -0.25) is 24.0 Å². The van der Waals surface area contributed by atoms with Crippen molar-refractivity contribution in [2.24, 2.45) is 11.7 Å². The molecule has 3 N–H and O–H groups in total. The lowest BCUT2D eigenvalue weighted by atomic mass is 9.80. The van der Waals surface area contributed by atoms with Crippen LogP contribution < -0.4 is 11.1 Å². The summed E-state index contributed by atoms with van der Waals surface area (Å²) in [6, 6.07) is 12.1. The molecule has 0 radical (unpaired) electrons. The van der Waals surface area contributed by atoms with Crippen molar-refractivity contribution in [2.45, 2.75) is 56.5 Å². The highest BCUT2D eigenvalue weighted by Gasteiger charge is 2.42. The average molecular weight is 560 g/mol. The van der Waals surface area contributed by atoms with E-state index in [1.165, 1.54) is 24.1 Å². The van der Waals surface area contributed by atoms with Crippen LogP contribution in [0.2, 0.25) is 5.02 Å². The highest BCUT2D eigenvalue weighted by Crippen LogP contribution is 2.46. The SMILES string of the molecule is NC(=O)C(CCC=O)N1C(=O)c2ccc(NCC3CC(n4cc(-c5cccc(Cl)c5)c(C5CC5)n4)C3)cc2C1=O. The molecule has 9 nitrogen and oxygen atoms in total. The number of imide groups is 1. The number of amides is 3. The first-order valence-electron chi connectivity index (χ1n) is 13.7. The minimum Gasteiger partial charge on any atom is -0.385 e. The van der Waals surface area contributed by atoms with Crippen LogP contribution in [-0.4, -0.2) is 51.3 Å². The first-order valence-corrected chi connectivity index (χ1v) is 14.1. The number of nitrogens with two attached hydrogens (primary N) is 1. The number of nitrogens with one attached hydrogen (secondary N) is 1. The van der Waals surface area contributed by atoms with Gasteiger partial charge in [0.2, 0.25) is 5.91 Å². The summed E-state index contributed by atoms with van der Waals surface area (Å²) in [5, 5.41) is 9.10. The second-order valence-electron chi connectivity index (χ2n) is 11.0. The Morgan fingerprint density at radius 3 is 2.58 bits per heavy atom. The fraction of sp³-hybridized carbons (Fsp3) is 0.367. The zero-order chi connectivity index (χ0) is 28.0. The van der Waals surface area contributed by atoms with E-state index in [4.69, 9.17) is 22.4 Å². The van der Waals surface area contributed by atoms with Gasteiger partial charge < -0.3 is 15.8 Å². The van der Waals surface area contributed by atoms with Crippen molar-refractivity contribution in [1.82, 2.24) is 14.7 Å². The van der Waals surface area contributed by atoms with Gasteiger partial charge >= 0.3 is 0 Å². The standard InChI is InChI=1S/C30H30ClN5O4/c31-20-4-1-3-19(13-20)25-16-35(34-27(25)18-6-7-18)22-11-17(12-22)15-33-21-8-9-23-24(14-21)30(40)36(29(23)39)26(28(32)38)5-2-10-37/h1,3-4,8-10,13-14,16-18,22,26,33H,2,5-7,11-12,15H2,(H2,32,38). The Morgan fingerprint density at radius 1 is 1.10 bits per heavy atom. The molecule has 2 aliphatic carbocycles. The Hall–Kier alpha value is -3.98. The normalized spacial score (nSPS) is 20.7. The van der Waals surface area contributed by atoms with Gasteiger partial charge in [-0.25, -0.2) is 0 Å². The number of carbonyl (C=O) groups is 4. The molecule has 1 aliphatic heterocycles. The number of nitrogens with zero attached hydrogens (tertiary/aromatic N) is 3. The van der Waals surface area contributed by atoms with E-state index in [1.54, 1.807) is 18.2 Å². The van der Waals surface area contributed by atoms with Crippen LogP contribution in [0.3, 0.4) is 0 Å². The Balaban J connectivity index is 1.09. The Kier molecular flexibility index (Phi) is 6.92. The summed E-state index contributed by atoms with van der Waals surface area (Å²) in [4.78, 5) is 49.5. The molecule has 206 valence electrons. The zero-order valence-electron chi connectivity index (χ0n) is 21.9. The molecule has 1 aromatic heterocycles. The molecule has 3 aromatic rings. The van der Waals surface area contributed by atoms with Crippen molar-refractivity contribution in [3.8, 4) is 11.1 Å². The van der Waals surface area contributed by atoms with Crippen LogP contribution >= 0.6 is 11.6 Å². The van der Waals surface area contributed by atoms with Gasteiger partial charge in [-0.05, 0) is 73.9 Å². The van der Waals surface area contributed by atoms with Crippen LogP contribution in [0.15, 0.2) is 48.7 Å². The fourth-order valence-electron chi connectivity index (χ4n) is 5.75. The molecule has 6 rings (SSSR count). The lowest BCUT2D eigenvalue weighted by Gasteiger charge is -2.35. The van der Waals surface area contributed by atoms with Gasteiger partial charge in [0.15, 0.2) is 0 Å². The van der Waals surface area contributed by atoms with Crippen LogP contribution in [-0.2, 0) is 9.59 Å². The fourth-order valence-corrected chi connectivity index (χ4v) is 5.94. The molecule has 2 heterocycles. The molecule has 3 aliphatic rings. The predicted molar refractivity (Wildman–Crippen MR) is 150 cm³/mol. The second kappa shape index (κ2) is 10.5. The van der Waals surface area contributed by atoms with Crippen LogP contribution in [0.25, 0.3) is 11.1 Å². The largest absolute Gasteiger partial charge is 0.385 e. The van der Waals surface area contributed by atoms with Crippen molar-refractivity contribution in [3.63, 3.8) is 0 Å². The number of hydrogen-bond donors (Lipinski definition) is 2.